The van der Waals surface area contributed by atoms with Gasteiger partial charge in [-0.05, 0) is 12.1 Å². The molecule has 1 aliphatic rings. The Bertz CT molecular complexity index is 742. The van der Waals surface area contributed by atoms with Crippen LogP contribution >= 0.6 is 11.7 Å². The predicted molar refractivity (Wildman–Crippen MR) is 77.0 cm³/mol. The summed E-state index contributed by atoms with van der Waals surface area (Å²) in [5.74, 6) is -1.28. The zero-order valence-corrected chi connectivity index (χ0v) is 12.1. The van der Waals surface area contributed by atoms with Crippen LogP contribution in [0.1, 0.15) is 0 Å². The summed E-state index contributed by atoms with van der Waals surface area (Å²) in [5.41, 5.74) is 1.81. The smallest absolute Gasteiger partial charge is 0.377 e. The molecule has 0 spiro atoms. The third kappa shape index (κ3) is 3.14. The van der Waals surface area contributed by atoms with Crippen molar-refractivity contribution in [2.45, 2.75) is 0 Å². The van der Waals surface area contributed by atoms with Crippen molar-refractivity contribution in [1.29, 1.82) is 0 Å². The molecular formula is C13H11N3O5S. The number of fused-ring (bicyclic) bond motifs is 1. The van der Waals surface area contributed by atoms with Gasteiger partial charge in [-0.3, -0.25) is 4.79 Å². The standard InChI is InChI=1S/C13H11N3O5S/c17-11(7-21-13(18)10-6-19-4-5-20-10)14-8-2-1-3-9-12(8)16-22-15-9/h1-3,6H,4-5,7H2,(H,14,17). The monoisotopic (exact) mass is 321 g/mol. The van der Waals surface area contributed by atoms with Gasteiger partial charge in [-0.2, -0.15) is 8.75 Å². The summed E-state index contributed by atoms with van der Waals surface area (Å²) >= 11 is 1.06. The summed E-state index contributed by atoms with van der Waals surface area (Å²) in [6.45, 7) is 0.211. The highest BCUT2D eigenvalue weighted by Crippen LogP contribution is 2.20. The fraction of sp³-hybridized carbons (Fsp3) is 0.231. The average molecular weight is 321 g/mol. The number of hydrogen-bond donors (Lipinski definition) is 1. The fourth-order valence-electron chi connectivity index (χ4n) is 1.77. The molecule has 0 unspecified atom stereocenters. The van der Waals surface area contributed by atoms with E-state index in [9.17, 15) is 9.59 Å². The second kappa shape index (κ2) is 6.39. The van der Waals surface area contributed by atoms with Crippen molar-refractivity contribution in [3.8, 4) is 0 Å². The minimum Gasteiger partial charge on any atom is -0.493 e. The SMILES string of the molecule is O=C(COC(=O)C1=COCCO1)Nc1cccc2nsnc12. The summed E-state index contributed by atoms with van der Waals surface area (Å²) in [5, 5.41) is 2.63. The maximum atomic E-state index is 11.8. The maximum absolute atomic E-state index is 11.8. The van der Waals surface area contributed by atoms with Crippen molar-refractivity contribution in [3.63, 3.8) is 0 Å². The first-order chi connectivity index (χ1) is 10.7. The van der Waals surface area contributed by atoms with Crippen molar-refractivity contribution in [2.75, 3.05) is 25.1 Å². The van der Waals surface area contributed by atoms with Crippen LogP contribution in [-0.2, 0) is 23.8 Å². The molecule has 22 heavy (non-hydrogen) atoms. The Balaban J connectivity index is 1.57. The van der Waals surface area contributed by atoms with Gasteiger partial charge in [0.2, 0.25) is 5.76 Å². The lowest BCUT2D eigenvalue weighted by Gasteiger charge is -2.14. The van der Waals surface area contributed by atoms with E-state index in [1.807, 2.05) is 0 Å². The molecule has 2 aromatic rings. The van der Waals surface area contributed by atoms with E-state index in [-0.39, 0.29) is 12.4 Å². The van der Waals surface area contributed by atoms with Gasteiger partial charge in [-0.1, -0.05) is 6.07 Å². The quantitative estimate of drug-likeness (QED) is 0.840. The van der Waals surface area contributed by atoms with Gasteiger partial charge >= 0.3 is 5.97 Å². The van der Waals surface area contributed by atoms with E-state index in [4.69, 9.17) is 14.2 Å². The molecule has 0 bridgehead atoms. The van der Waals surface area contributed by atoms with E-state index in [1.165, 1.54) is 6.26 Å². The second-order valence-electron chi connectivity index (χ2n) is 4.26. The van der Waals surface area contributed by atoms with Gasteiger partial charge < -0.3 is 19.5 Å². The molecule has 0 aliphatic carbocycles. The van der Waals surface area contributed by atoms with Crippen LogP contribution in [0.4, 0.5) is 5.69 Å². The van der Waals surface area contributed by atoms with Crippen molar-refractivity contribution in [2.24, 2.45) is 0 Å². The van der Waals surface area contributed by atoms with Crippen LogP contribution in [0.2, 0.25) is 0 Å². The molecule has 2 heterocycles. The molecular weight excluding hydrogens is 310 g/mol. The first kappa shape index (κ1) is 14.3. The lowest BCUT2D eigenvalue weighted by Crippen LogP contribution is -2.23. The number of anilines is 1. The van der Waals surface area contributed by atoms with Crippen LogP contribution in [0.3, 0.4) is 0 Å². The molecule has 0 atom stereocenters. The molecule has 1 aromatic heterocycles. The van der Waals surface area contributed by atoms with Crippen LogP contribution in [0.25, 0.3) is 11.0 Å². The molecule has 1 aliphatic heterocycles. The molecule has 3 rings (SSSR count). The van der Waals surface area contributed by atoms with Crippen molar-refractivity contribution in [1.82, 2.24) is 8.75 Å². The second-order valence-corrected chi connectivity index (χ2v) is 4.79. The molecule has 8 nitrogen and oxygen atoms in total. The van der Waals surface area contributed by atoms with Crippen molar-refractivity contribution < 1.29 is 23.8 Å². The van der Waals surface area contributed by atoms with Gasteiger partial charge in [0.15, 0.2) is 6.61 Å². The first-order valence-electron chi connectivity index (χ1n) is 6.37. The van der Waals surface area contributed by atoms with Crippen molar-refractivity contribution >= 4 is 40.3 Å². The van der Waals surface area contributed by atoms with Gasteiger partial charge in [0.05, 0.1) is 17.4 Å². The third-order valence-electron chi connectivity index (χ3n) is 2.74. The zero-order valence-electron chi connectivity index (χ0n) is 11.3. The minimum atomic E-state index is -0.747. The van der Waals surface area contributed by atoms with Crippen LogP contribution in [0.15, 0.2) is 30.2 Å². The number of esters is 1. The van der Waals surface area contributed by atoms with Crippen LogP contribution < -0.4 is 5.32 Å². The molecule has 114 valence electrons. The zero-order chi connectivity index (χ0) is 15.4. The molecule has 1 amide bonds. The Labute approximate surface area is 129 Å². The average Bonchev–Trinajstić information content (AvgIpc) is 3.03. The summed E-state index contributed by atoms with van der Waals surface area (Å²) in [6, 6.07) is 5.24. The minimum absolute atomic E-state index is 0.0511. The molecule has 0 fully saturated rings. The molecule has 9 heteroatoms. The molecule has 1 aromatic carbocycles. The fourth-order valence-corrected chi connectivity index (χ4v) is 2.32. The number of amides is 1. The normalized spacial score (nSPS) is 13.7. The first-order valence-corrected chi connectivity index (χ1v) is 7.10. The summed E-state index contributed by atoms with van der Waals surface area (Å²) in [6.07, 6.45) is 1.17. The Morgan fingerprint density at radius 1 is 1.32 bits per heavy atom. The van der Waals surface area contributed by atoms with Gasteiger partial charge in [0.1, 0.15) is 30.5 Å². The topological polar surface area (TPSA) is 99.6 Å². The highest BCUT2D eigenvalue weighted by atomic mass is 32.1. The molecule has 0 saturated heterocycles. The number of ether oxygens (including phenoxy) is 3. The lowest BCUT2D eigenvalue weighted by atomic mass is 10.2. The van der Waals surface area contributed by atoms with Crippen LogP contribution in [0.5, 0.6) is 0 Å². The number of carbonyl (C=O) groups is 2. The molecule has 1 N–H and O–H groups in total. The predicted octanol–water partition coefficient (Wildman–Crippen LogP) is 1.06. The summed E-state index contributed by atoms with van der Waals surface area (Å²) < 4.78 is 23.0. The number of nitrogens with one attached hydrogen (secondary N) is 1. The third-order valence-corrected chi connectivity index (χ3v) is 3.29. The van der Waals surface area contributed by atoms with E-state index >= 15 is 0 Å². The highest BCUT2D eigenvalue weighted by molar-refractivity contribution is 7.00. The van der Waals surface area contributed by atoms with E-state index < -0.39 is 18.5 Å². The van der Waals surface area contributed by atoms with Gasteiger partial charge in [-0.15, -0.1) is 0 Å². The number of benzene rings is 1. The van der Waals surface area contributed by atoms with Crippen LogP contribution in [-0.4, -0.2) is 40.4 Å². The number of nitrogens with zero attached hydrogens (tertiary/aromatic N) is 2. The number of aromatic nitrogens is 2. The Morgan fingerprint density at radius 3 is 3.05 bits per heavy atom. The molecule has 0 radical (unpaired) electrons. The van der Waals surface area contributed by atoms with E-state index in [1.54, 1.807) is 18.2 Å². The lowest BCUT2D eigenvalue weighted by molar-refractivity contribution is -0.148. The van der Waals surface area contributed by atoms with Crippen molar-refractivity contribution in [3.05, 3.63) is 30.2 Å². The van der Waals surface area contributed by atoms with Gasteiger partial charge in [0, 0.05) is 0 Å². The Kier molecular flexibility index (Phi) is 4.15. The van der Waals surface area contributed by atoms with Crippen LogP contribution in [0, 0.1) is 0 Å². The molecule has 0 saturated carbocycles. The van der Waals surface area contributed by atoms with E-state index in [0.717, 1.165) is 11.7 Å². The summed E-state index contributed by atoms with van der Waals surface area (Å²) in [7, 11) is 0. The number of rotatable bonds is 4. The Morgan fingerprint density at radius 2 is 2.23 bits per heavy atom. The maximum Gasteiger partial charge on any atom is 0.377 e. The van der Waals surface area contributed by atoms with E-state index in [2.05, 4.69) is 14.1 Å². The summed E-state index contributed by atoms with van der Waals surface area (Å²) in [4.78, 5) is 23.5. The Hall–Kier alpha value is -2.68. The largest absolute Gasteiger partial charge is 0.493 e. The van der Waals surface area contributed by atoms with Gasteiger partial charge in [-0.25, -0.2) is 4.79 Å². The van der Waals surface area contributed by atoms with E-state index in [0.29, 0.717) is 23.3 Å². The van der Waals surface area contributed by atoms with Gasteiger partial charge in [0.25, 0.3) is 5.91 Å². The number of carbonyl (C=O) groups excluding carboxylic acids is 2. The number of hydrogen-bond acceptors (Lipinski definition) is 8. The highest BCUT2D eigenvalue weighted by Gasteiger charge is 2.18.